The van der Waals surface area contributed by atoms with Crippen LogP contribution in [0.5, 0.6) is 0 Å². The van der Waals surface area contributed by atoms with Crippen LogP contribution in [0.4, 0.5) is 10.1 Å². The van der Waals surface area contributed by atoms with E-state index in [1.807, 2.05) is 0 Å². The molecule has 2 aromatic rings. The maximum absolute atomic E-state index is 13.4. The fourth-order valence-electron chi connectivity index (χ4n) is 1.61. The summed E-state index contributed by atoms with van der Waals surface area (Å²) >= 11 is 0. The maximum atomic E-state index is 13.4. The molecule has 5 nitrogen and oxygen atoms in total. The van der Waals surface area contributed by atoms with Gasteiger partial charge in [-0.2, -0.15) is 0 Å². The van der Waals surface area contributed by atoms with Crippen LogP contribution in [0.3, 0.4) is 0 Å². The number of aryl methyl sites for hydroxylation is 1. The van der Waals surface area contributed by atoms with Crippen LogP contribution in [-0.2, 0) is 0 Å². The Morgan fingerprint density at radius 1 is 1.30 bits per heavy atom. The lowest BCUT2D eigenvalue weighted by molar-refractivity contribution is 0.0691. The quantitative estimate of drug-likeness (QED) is 0.901. The van der Waals surface area contributed by atoms with Crippen LogP contribution in [0.1, 0.15) is 26.4 Å². The summed E-state index contributed by atoms with van der Waals surface area (Å²) in [7, 11) is 0. The molecular weight excluding hydrogens is 263 g/mol. The lowest BCUT2D eigenvalue weighted by Crippen LogP contribution is -2.16. The van der Waals surface area contributed by atoms with Crippen LogP contribution < -0.4 is 5.32 Å². The highest BCUT2D eigenvalue weighted by molar-refractivity contribution is 6.07. The first-order valence-electron chi connectivity index (χ1n) is 5.75. The molecule has 1 aromatic heterocycles. The highest BCUT2D eigenvalue weighted by atomic mass is 19.1. The third kappa shape index (κ3) is 2.80. The Morgan fingerprint density at radius 2 is 2.05 bits per heavy atom. The van der Waals surface area contributed by atoms with Crippen molar-refractivity contribution in [2.24, 2.45) is 0 Å². The van der Waals surface area contributed by atoms with Gasteiger partial charge in [-0.1, -0.05) is 6.07 Å². The Bertz CT molecular complexity index is 686. The monoisotopic (exact) mass is 274 g/mol. The molecule has 20 heavy (non-hydrogen) atoms. The van der Waals surface area contributed by atoms with E-state index in [0.29, 0.717) is 5.56 Å². The summed E-state index contributed by atoms with van der Waals surface area (Å²) in [6.07, 6.45) is 1.31. The van der Waals surface area contributed by atoms with Crippen molar-refractivity contribution in [3.05, 3.63) is 59.2 Å². The molecule has 0 aliphatic rings. The molecule has 0 atom stereocenters. The molecule has 0 fully saturated rings. The first kappa shape index (κ1) is 13.7. The molecule has 0 radical (unpaired) electrons. The van der Waals surface area contributed by atoms with Crippen molar-refractivity contribution in [3.63, 3.8) is 0 Å². The summed E-state index contributed by atoms with van der Waals surface area (Å²) in [4.78, 5) is 26.6. The van der Waals surface area contributed by atoms with Crippen molar-refractivity contribution in [2.75, 3.05) is 5.32 Å². The smallest absolute Gasteiger partial charge is 0.356 e. The number of benzene rings is 1. The molecule has 0 saturated carbocycles. The molecule has 6 heteroatoms. The van der Waals surface area contributed by atoms with Crippen LogP contribution >= 0.6 is 0 Å². The van der Waals surface area contributed by atoms with Gasteiger partial charge in [0.2, 0.25) is 0 Å². The minimum Gasteiger partial charge on any atom is -0.476 e. The topological polar surface area (TPSA) is 79.3 Å². The Hall–Kier alpha value is -2.76. The van der Waals surface area contributed by atoms with Gasteiger partial charge in [0, 0.05) is 11.8 Å². The van der Waals surface area contributed by atoms with Crippen LogP contribution in [0.15, 0.2) is 36.5 Å². The molecule has 1 amide bonds. The van der Waals surface area contributed by atoms with Gasteiger partial charge < -0.3 is 10.4 Å². The summed E-state index contributed by atoms with van der Waals surface area (Å²) in [6.45, 7) is 1.58. The van der Waals surface area contributed by atoms with Crippen molar-refractivity contribution < 1.29 is 19.1 Å². The fraction of sp³-hybridized carbons (Fsp3) is 0.0714. The second kappa shape index (κ2) is 5.48. The Kier molecular flexibility index (Phi) is 3.74. The number of carbonyl (C=O) groups excluding carboxylic acids is 1. The average molecular weight is 274 g/mol. The number of carboxylic acid groups (broad SMARTS) is 1. The minimum absolute atomic E-state index is 0.0611. The van der Waals surface area contributed by atoms with Crippen LogP contribution in [0.25, 0.3) is 0 Å². The number of hydrogen-bond donors (Lipinski definition) is 2. The summed E-state index contributed by atoms with van der Waals surface area (Å²) in [5.74, 6) is -2.35. The van der Waals surface area contributed by atoms with Gasteiger partial charge in [0.25, 0.3) is 5.91 Å². The average Bonchev–Trinajstić information content (AvgIpc) is 2.42. The SMILES string of the molecule is Cc1ccc(C(=O)Nc2cccnc2C(=O)O)cc1F. The first-order chi connectivity index (χ1) is 9.49. The third-order valence-corrected chi connectivity index (χ3v) is 2.69. The van der Waals surface area contributed by atoms with Crippen molar-refractivity contribution in [3.8, 4) is 0 Å². The number of nitrogens with zero attached hydrogens (tertiary/aromatic N) is 1. The number of aromatic carboxylic acids is 1. The van der Waals surface area contributed by atoms with Gasteiger partial charge in [0.1, 0.15) is 5.82 Å². The Balaban J connectivity index is 2.28. The van der Waals surface area contributed by atoms with E-state index in [-0.39, 0.29) is 16.9 Å². The molecule has 0 aliphatic heterocycles. The van der Waals surface area contributed by atoms with Gasteiger partial charge in [-0.3, -0.25) is 4.79 Å². The third-order valence-electron chi connectivity index (χ3n) is 2.69. The number of amides is 1. The number of halogens is 1. The van der Waals surface area contributed by atoms with E-state index in [0.717, 1.165) is 6.07 Å². The summed E-state index contributed by atoms with van der Waals surface area (Å²) < 4.78 is 13.4. The number of aromatic nitrogens is 1. The molecule has 0 unspecified atom stereocenters. The first-order valence-corrected chi connectivity index (χ1v) is 5.75. The maximum Gasteiger partial charge on any atom is 0.356 e. The van der Waals surface area contributed by atoms with Crippen molar-refractivity contribution >= 4 is 17.6 Å². The fourth-order valence-corrected chi connectivity index (χ4v) is 1.61. The number of nitrogens with one attached hydrogen (secondary N) is 1. The summed E-state index contributed by atoms with van der Waals surface area (Å²) in [5, 5.41) is 11.4. The second-order valence-electron chi connectivity index (χ2n) is 4.12. The zero-order chi connectivity index (χ0) is 14.7. The lowest BCUT2D eigenvalue weighted by atomic mass is 10.1. The minimum atomic E-state index is -1.25. The Morgan fingerprint density at radius 3 is 2.70 bits per heavy atom. The lowest BCUT2D eigenvalue weighted by Gasteiger charge is -2.08. The van der Waals surface area contributed by atoms with E-state index < -0.39 is 17.7 Å². The molecule has 0 spiro atoms. The van der Waals surface area contributed by atoms with Gasteiger partial charge in [0.15, 0.2) is 5.69 Å². The van der Waals surface area contributed by atoms with E-state index >= 15 is 0 Å². The van der Waals surface area contributed by atoms with Crippen molar-refractivity contribution in [2.45, 2.75) is 6.92 Å². The molecule has 2 rings (SSSR count). The molecule has 0 bridgehead atoms. The molecular formula is C14H11FN2O3. The molecule has 0 aliphatic carbocycles. The van der Waals surface area contributed by atoms with E-state index in [1.165, 1.54) is 30.5 Å². The molecule has 2 N–H and O–H groups in total. The number of carboxylic acids is 1. The van der Waals surface area contributed by atoms with Crippen molar-refractivity contribution in [1.82, 2.24) is 4.98 Å². The van der Waals surface area contributed by atoms with Gasteiger partial charge in [-0.15, -0.1) is 0 Å². The van der Waals surface area contributed by atoms with Gasteiger partial charge in [0.05, 0.1) is 5.69 Å². The van der Waals surface area contributed by atoms with Crippen LogP contribution in [0.2, 0.25) is 0 Å². The Labute approximate surface area is 114 Å². The normalized spacial score (nSPS) is 10.1. The number of carbonyl (C=O) groups is 2. The highest BCUT2D eigenvalue weighted by Gasteiger charge is 2.15. The molecule has 0 saturated heterocycles. The van der Waals surface area contributed by atoms with Crippen LogP contribution in [0, 0.1) is 12.7 Å². The summed E-state index contributed by atoms with van der Waals surface area (Å²) in [5.41, 5.74) is 0.321. The van der Waals surface area contributed by atoms with Crippen molar-refractivity contribution in [1.29, 1.82) is 0 Å². The van der Waals surface area contributed by atoms with Gasteiger partial charge in [-0.25, -0.2) is 14.2 Å². The summed E-state index contributed by atoms with van der Waals surface area (Å²) in [6, 6.07) is 6.95. The number of hydrogen-bond acceptors (Lipinski definition) is 3. The van der Waals surface area contributed by atoms with E-state index in [1.54, 1.807) is 6.92 Å². The molecule has 1 aromatic carbocycles. The largest absolute Gasteiger partial charge is 0.476 e. The standard InChI is InChI=1S/C14H11FN2O3/c1-8-4-5-9(7-10(8)15)13(18)17-11-3-2-6-16-12(11)14(19)20/h2-7H,1H3,(H,17,18)(H,19,20). The number of anilines is 1. The zero-order valence-electron chi connectivity index (χ0n) is 10.6. The van der Waals surface area contributed by atoms with Crippen LogP contribution in [-0.4, -0.2) is 22.0 Å². The van der Waals surface area contributed by atoms with E-state index in [9.17, 15) is 14.0 Å². The number of rotatable bonds is 3. The number of pyridine rings is 1. The van der Waals surface area contributed by atoms with Gasteiger partial charge >= 0.3 is 5.97 Å². The van der Waals surface area contributed by atoms with Gasteiger partial charge in [-0.05, 0) is 36.8 Å². The van der Waals surface area contributed by atoms with E-state index in [2.05, 4.69) is 10.3 Å². The molecule has 102 valence electrons. The van der Waals surface area contributed by atoms with E-state index in [4.69, 9.17) is 5.11 Å². The molecule has 1 heterocycles. The second-order valence-corrected chi connectivity index (χ2v) is 4.12. The zero-order valence-corrected chi connectivity index (χ0v) is 10.6. The predicted molar refractivity (Wildman–Crippen MR) is 70.3 cm³/mol. The highest BCUT2D eigenvalue weighted by Crippen LogP contribution is 2.15. The predicted octanol–water partition coefficient (Wildman–Crippen LogP) is 2.48.